The molecular weight excluding hydrogens is 441 g/mol. The molecule has 1 aliphatic heterocycles. The summed E-state index contributed by atoms with van der Waals surface area (Å²) < 4.78 is 1.97. The fourth-order valence-corrected chi connectivity index (χ4v) is 2.94. The van der Waals surface area contributed by atoms with Gasteiger partial charge in [0.15, 0.2) is 11.8 Å². The highest BCUT2D eigenvalue weighted by molar-refractivity contribution is 14.0. The molecule has 2 N–H and O–H groups in total. The van der Waals surface area contributed by atoms with Crippen molar-refractivity contribution < 1.29 is 0 Å². The molecule has 1 aliphatic rings. The zero-order chi connectivity index (χ0) is 18.1. The first-order valence-corrected chi connectivity index (χ1v) is 9.37. The van der Waals surface area contributed by atoms with Crippen LogP contribution in [0.25, 0.3) is 0 Å². The number of halogens is 1. The van der Waals surface area contributed by atoms with Crippen LogP contribution in [0.3, 0.4) is 0 Å². The van der Waals surface area contributed by atoms with Crippen LogP contribution < -0.4 is 10.6 Å². The number of nitrogens with one attached hydrogen (secondary N) is 2. The van der Waals surface area contributed by atoms with Crippen LogP contribution in [-0.4, -0.2) is 57.8 Å². The standard InChI is InChI=1S/C18H33N7.HI/c1-5-7-11-25-12-8-16(9-13-25)21-18(19-10-6-2)20-14-17-23-22-15(3)24(17)4;/h6,16H,2,5,7-14H2,1,3-4H3,(H2,19,20,21);1H. The van der Waals surface area contributed by atoms with Crippen LogP contribution in [0.5, 0.6) is 0 Å². The van der Waals surface area contributed by atoms with Gasteiger partial charge in [-0.15, -0.1) is 40.8 Å². The van der Waals surface area contributed by atoms with Crippen LogP contribution in [0.1, 0.15) is 44.3 Å². The van der Waals surface area contributed by atoms with Crippen molar-refractivity contribution in [3.05, 3.63) is 24.3 Å². The lowest BCUT2D eigenvalue weighted by Crippen LogP contribution is -2.48. The van der Waals surface area contributed by atoms with Gasteiger partial charge < -0.3 is 20.1 Å². The third-order valence-electron chi connectivity index (χ3n) is 4.73. The lowest BCUT2D eigenvalue weighted by molar-refractivity contribution is 0.203. The molecule has 7 nitrogen and oxygen atoms in total. The van der Waals surface area contributed by atoms with Crippen molar-refractivity contribution in [2.24, 2.45) is 12.0 Å². The van der Waals surface area contributed by atoms with Gasteiger partial charge in [0.05, 0.1) is 0 Å². The van der Waals surface area contributed by atoms with E-state index >= 15 is 0 Å². The Morgan fingerprint density at radius 3 is 2.65 bits per heavy atom. The summed E-state index contributed by atoms with van der Waals surface area (Å²) in [5, 5.41) is 15.1. The monoisotopic (exact) mass is 475 g/mol. The lowest BCUT2D eigenvalue weighted by Gasteiger charge is -2.33. The van der Waals surface area contributed by atoms with Gasteiger partial charge in [0, 0.05) is 32.7 Å². The molecule has 2 heterocycles. The first-order chi connectivity index (χ1) is 12.1. The van der Waals surface area contributed by atoms with Crippen molar-refractivity contribution >= 4 is 29.9 Å². The first kappa shape index (κ1) is 22.9. The normalized spacial score (nSPS) is 16.2. The van der Waals surface area contributed by atoms with E-state index in [1.807, 2.05) is 24.6 Å². The molecule has 0 aliphatic carbocycles. The Kier molecular flexibility index (Phi) is 10.8. The van der Waals surface area contributed by atoms with Gasteiger partial charge in [0.25, 0.3) is 0 Å². The minimum atomic E-state index is 0. The van der Waals surface area contributed by atoms with E-state index in [4.69, 9.17) is 0 Å². The average molecular weight is 475 g/mol. The fraction of sp³-hybridized carbons (Fsp3) is 0.722. The Morgan fingerprint density at radius 2 is 2.08 bits per heavy atom. The third kappa shape index (κ3) is 7.22. The Balaban J connectivity index is 0.00000338. The maximum Gasteiger partial charge on any atom is 0.192 e. The van der Waals surface area contributed by atoms with Gasteiger partial charge in [-0.05, 0) is 32.7 Å². The molecule has 1 aromatic heterocycles. The Hall–Kier alpha value is -1.16. The molecule has 0 unspecified atom stereocenters. The molecule has 26 heavy (non-hydrogen) atoms. The molecule has 148 valence electrons. The molecular formula is C18H34IN7. The largest absolute Gasteiger partial charge is 0.354 e. The van der Waals surface area contributed by atoms with E-state index in [0.29, 0.717) is 19.1 Å². The summed E-state index contributed by atoms with van der Waals surface area (Å²) in [5.41, 5.74) is 0. The SMILES string of the molecule is C=CCNC(=NCc1nnc(C)n1C)NC1CCN(CCCC)CC1.I. The Labute approximate surface area is 174 Å². The van der Waals surface area contributed by atoms with Gasteiger partial charge in [0.1, 0.15) is 12.4 Å². The number of guanidine groups is 1. The minimum absolute atomic E-state index is 0. The van der Waals surface area contributed by atoms with Crippen molar-refractivity contribution in [3.8, 4) is 0 Å². The van der Waals surface area contributed by atoms with Crippen molar-refractivity contribution in [2.45, 2.75) is 52.1 Å². The summed E-state index contributed by atoms with van der Waals surface area (Å²) in [4.78, 5) is 7.25. The predicted molar refractivity (Wildman–Crippen MR) is 118 cm³/mol. The maximum absolute atomic E-state index is 4.68. The van der Waals surface area contributed by atoms with E-state index in [1.54, 1.807) is 0 Å². The van der Waals surface area contributed by atoms with Crippen molar-refractivity contribution in [2.75, 3.05) is 26.2 Å². The highest BCUT2D eigenvalue weighted by Gasteiger charge is 2.19. The number of piperidine rings is 1. The van der Waals surface area contributed by atoms with Gasteiger partial charge in [-0.2, -0.15) is 0 Å². The predicted octanol–water partition coefficient (Wildman–Crippen LogP) is 2.23. The van der Waals surface area contributed by atoms with Gasteiger partial charge in [-0.3, -0.25) is 0 Å². The second kappa shape index (κ2) is 12.3. The zero-order valence-electron chi connectivity index (χ0n) is 16.4. The van der Waals surface area contributed by atoms with Gasteiger partial charge >= 0.3 is 0 Å². The molecule has 2 rings (SSSR count). The number of unbranched alkanes of at least 4 members (excludes halogenated alkanes) is 1. The molecule has 0 saturated carbocycles. The Bertz CT molecular complexity index is 562. The molecule has 0 bridgehead atoms. The van der Waals surface area contributed by atoms with E-state index in [0.717, 1.165) is 43.5 Å². The summed E-state index contributed by atoms with van der Waals surface area (Å²) in [6.45, 7) is 12.7. The number of nitrogens with zero attached hydrogens (tertiary/aromatic N) is 5. The van der Waals surface area contributed by atoms with Crippen LogP contribution in [0, 0.1) is 6.92 Å². The zero-order valence-corrected chi connectivity index (χ0v) is 18.7. The van der Waals surface area contributed by atoms with Crippen LogP contribution in [0.4, 0.5) is 0 Å². The van der Waals surface area contributed by atoms with Crippen molar-refractivity contribution in [1.82, 2.24) is 30.3 Å². The highest BCUT2D eigenvalue weighted by atomic mass is 127. The summed E-state index contributed by atoms with van der Waals surface area (Å²) in [5.74, 6) is 2.59. The van der Waals surface area contributed by atoms with Crippen LogP contribution >= 0.6 is 24.0 Å². The molecule has 0 spiro atoms. The van der Waals surface area contributed by atoms with E-state index in [-0.39, 0.29) is 24.0 Å². The second-order valence-electron chi connectivity index (χ2n) is 6.67. The topological polar surface area (TPSA) is 70.4 Å². The average Bonchev–Trinajstić information content (AvgIpc) is 2.95. The number of likely N-dealkylation sites (tertiary alicyclic amines) is 1. The van der Waals surface area contributed by atoms with Crippen LogP contribution in [0.15, 0.2) is 17.6 Å². The molecule has 0 atom stereocenters. The molecule has 1 saturated heterocycles. The van der Waals surface area contributed by atoms with Gasteiger partial charge in [0.2, 0.25) is 0 Å². The van der Waals surface area contributed by atoms with E-state index in [9.17, 15) is 0 Å². The molecule has 1 fully saturated rings. The van der Waals surface area contributed by atoms with Crippen LogP contribution in [0.2, 0.25) is 0 Å². The van der Waals surface area contributed by atoms with E-state index in [2.05, 4.69) is 44.2 Å². The second-order valence-corrected chi connectivity index (χ2v) is 6.67. The molecule has 0 radical (unpaired) electrons. The minimum Gasteiger partial charge on any atom is -0.354 e. The summed E-state index contributed by atoms with van der Waals surface area (Å²) in [7, 11) is 1.97. The number of hydrogen-bond donors (Lipinski definition) is 2. The summed E-state index contributed by atoms with van der Waals surface area (Å²) in [6.07, 6.45) is 6.71. The smallest absolute Gasteiger partial charge is 0.192 e. The van der Waals surface area contributed by atoms with E-state index < -0.39 is 0 Å². The van der Waals surface area contributed by atoms with Gasteiger partial charge in [-0.25, -0.2) is 4.99 Å². The van der Waals surface area contributed by atoms with Crippen molar-refractivity contribution in [3.63, 3.8) is 0 Å². The van der Waals surface area contributed by atoms with Crippen molar-refractivity contribution in [1.29, 1.82) is 0 Å². The third-order valence-corrected chi connectivity index (χ3v) is 4.73. The molecule has 0 aromatic carbocycles. The molecule has 8 heteroatoms. The number of aryl methyl sites for hydroxylation is 1. The quantitative estimate of drug-likeness (QED) is 0.261. The van der Waals surface area contributed by atoms with E-state index in [1.165, 1.54) is 19.4 Å². The molecule has 0 amide bonds. The summed E-state index contributed by atoms with van der Waals surface area (Å²) >= 11 is 0. The lowest BCUT2D eigenvalue weighted by atomic mass is 10.0. The number of hydrogen-bond acceptors (Lipinski definition) is 4. The first-order valence-electron chi connectivity index (χ1n) is 9.37. The number of aromatic nitrogens is 3. The van der Waals surface area contributed by atoms with Crippen LogP contribution in [-0.2, 0) is 13.6 Å². The number of rotatable bonds is 8. The fourth-order valence-electron chi connectivity index (χ4n) is 2.94. The summed E-state index contributed by atoms with van der Waals surface area (Å²) in [6, 6.07) is 0.468. The Morgan fingerprint density at radius 1 is 1.35 bits per heavy atom. The highest BCUT2D eigenvalue weighted by Crippen LogP contribution is 2.11. The number of aliphatic imine (C=N–C) groups is 1. The maximum atomic E-state index is 4.68. The van der Waals surface area contributed by atoms with Gasteiger partial charge in [-0.1, -0.05) is 19.4 Å². The molecule has 1 aromatic rings.